The van der Waals surface area contributed by atoms with Crippen molar-refractivity contribution in [3.63, 3.8) is 0 Å². The van der Waals surface area contributed by atoms with Crippen LogP contribution in [0.1, 0.15) is 16.6 Å². The topological polar surface area (TPSA) is 59.4 Å². The zero-order valence-electron chi connectivity index (χ0n) is 8.06. The molecule has 0 aliphatic heterocycles. The van der Waals surface area contributed by atoms with Crippen LogP contribution in [0.4, 0.5) is 0 Å². The van der Waals surface area contributed by atoms with Crippen LogP contribution in [0.3, 0.4) is 0 Å². The molecule has 5 heteroatoms. The van der Waals surface area contributed by atoms with Gasteiger partial charge in [0, 0.05) is 17.8 Å². The maximum absolute atomic E-state index is 11.4. The zero-order chi connectivity index (χ0) is 10.8. The molecule has 4 nitrogen and oxygen atoms in total. The Hall–Kier alpha value is -1.62. The predicted octanol–water partition coefficient (Wildman–Crippen LogP) is 2.18. The van der Waals surface area contributed by atoms with Crippen molar-refractivity contribution in [2.75, 3.05) is 6.61 Å². The molecule has 0 fully saturated rings. The van der Waals surface area contributed by atoms with E-state index in [0.717, 1.165) is 4.70 Å². The number of hydrogen-bond acceptors (Lipinski definition) is 5. The van der Waals surface area contributed by atoms with Gasteiger partial charge < -0.3 is 9.84 Å². The Morgan fingerprint density at radius 1 is 1.67 bits per heavy atom. The first kappa shape index (κ1) is 9.92. The highest BCUT2D eigenvalue weighted by Crippen LogP contribution is 2.36. The molecule has 0 spiro atoms. The number of aromatic hydroxyl groups is 1. The van der Waals surface area contributed by atoms with E-state index in [1.54, 1.807) is 25.4 Å². The molecule has 15 heavy (non-hydrogen) atoms. The zero-order valence-corrected chi connectivity index (χ0v) is 8.87. The van der Waals surface area contributed by atoms with Gasteiger partial charge in [0.2, 0.25) is 0 Å². The summed E-state index contributed by atoms with van der Waals surface area (Å²) >= 11 is 1.18. The standard InChI is InChI=1S/C10H9NO3S/c1-2-14-10(13)9-8(12)6-3-4-11-5-7(6)15-9/h3-5,12H,2H2,1H3. The normalized spacial score (nSPS) is 10.5. The number of thiophene rings is 1. The van der Waals surface area contributed by atoms with E-state index >= 15 is 0 Å². The van der Waals surface area contributed by atoms with E-state index in [0.29, 0.717) is 12.0 Å². The van der Waals surface area contributed by atoms with Crippen LogP contribution in [-0.4, -0.2) is 22.7 Å². The van der Waals surface area contributed by atoms with Crippen molar-refractivity contribution in [3.05, 3.63) is 23.3 Å². The molecule has 0 aliphatic carbocycles. The minimum atomic E-state index is -0.490. The maximum atomic E-state index is 11.4. The minimum Gasteiger partial charge on any atom is -0.505 e. The molecule has 2 aromatic heterocycles. The van der Waals surface area contributed by atoms with Crippen molar-refractivity contribution in [1.82, 2.24) is 4.98 Å². The summed E-state index contributed by atoms with van der Waals surface area (Å²) in [6.45, 7) is 2.02. The summed E-state index contributed by atoms with van der Waals surface area (Å²) in [6.07, 6.45) is 3.19. The van der Waals surface area contributed by atoms with Gasteiger partial charge >= 0.3 is 5.97 Å². The Morgan fingerprint density at radius 3 is 3.13 bits per heavy atom. The van der Waals surface area contributed by atoms with Gasteiger partial charge in [-0.1, -0.05) is 0 Å². The second-order valence-electron chi connectivity index (χ2n) is 2.87. The highest BCUT2D eigenvalue weighted by Gasteiger charge is 2.18. The first-order valence-electron chi connectivity index (χ1n) is 4.46. The number of esters is 1. The molecule has 0 atom stereocenters. The number of fused-ring (bicyclic) bond motifs is 1. The van der Waals surface area contributed by atoms with Gasteiger partial charge in [-0.3, -0.25) is 4.98 Å². The van der Waals surface area contributed by atoms with Crippen molar-refractivity contribution in [1.29, 1.82) is 0 Å². The van der Waals surface area contributed by atoms with Crippen LogP contribution in [0.15, 0.2) is 18.5 Å². The molecule has 0 saturated heterocycles. The lowest BCUT2D eigenvalue weighted by molar-refractivity contribution is 0.0529. The molecular formula is C10H9NO3S. The molecule has 2 heterocycles. The van der Waals surface area contributed by atoms with Gasteiger partial charge in [-0.05, 0) is 13.0 Å². The minimum absolute atomic E-state index is 0.0177. The molecule has 2 rings (SSSR count). The lowest BCUT2D eigenvalue weighted by Crippen LogP contribution is -2.01. The van der Waals surface area contributed by atoms with Gasteiger partial charge in [0.1, 0.15) is 5.75 Å². The Labute approximate surface area is 90.1 Å². The lowest BCUT2D eigenvalue weighted by atomic mass is 10.3. The van der Waals surface area contributed by atoms with Gasteiger partial charge in [0.25, 0.3) is 0 Å². The van der Waals surface area contributed by atoms with Crippen molar-refractivity contribution in [3.8, 4) is 5.75 Å². The molecule has 1 N–H and O–H groups in total. The highest BCUT2D eigenvalue weighted by atomic mass is 32.1. The molecule has 0 saturated carbocycles. The largest absolute Gasteiger partial charge is 0.505 e. The Balaban J connectivity index is 2.53. The molecule has 0 radical (unpaired) electrons. The number of hydrogen-bond donors (Lipinski definition) is 1. The fourth-order valence-electron chi connectivity index (χ4n) is 1.27. The quantitative estimate of drug-likeness (QED) is 0.793. The van der Waals surface area contributed by atoms with E-state index in [2.05, 4.69) is 4.98 Å². The number of nitrogens with zero attached hydrogens (tertiary/aromatic N) is 1. The first-order valence-corrected chi connectivity index (χ1v) is 5.28. The Morgan fingerprint density at radius 2 is 2.47 bits per heavy atom. The number of ether oxygens (including phenoxy) is 1. The summed E-state index contributed by atoms with van der Waals surface area (Å²) < 4.78 is 5.61. The lowest BCUT2D eigenvalue weighted by Gasteiger charge is -1.98. The van der Waals surface area contributed by atoms with Crippen LogP contribution in [-0.2, 0) is 4.74 Å². The molecule has 0 aliphatic rings. The van der Waals surface area contributed by atoms with Gasteiger partial charge in [-0.15, -0.1) is 11.3 Å². The number of carbonyl (C=O) groups excluding carboxylic acids is 1. The first-order chi connectivity index (χ1) is 7.24. The molecule has 0 amide bonds. The second kappa shape index (κ2) is 3.86. The number of rotatable bonds is 2. The third kappa shape index (κ3) is 1.66. The molecule has 78 valence electrons. The third-order valence-electron chi connectivity index (χ3n) is 1.93. The Kier molecular flexibility index (Phi) is 2.55. The smallest absolute Gasteiger partial charge is 0.352 e. The average Bonchev–Trinajstić information content (AvgIpc) is 2.57. The maximum Gasteiger partial charge on any atom is 0.352 e. The molecular weight excluding hydrogens is 214 g/mol. The van der Waals surface area contributed by atoms with Crippen molar-refractivity contribution >= 4 is 27.4 Å². The molecule has 2 aromatic rings. The van der Waals surface area contributed by atoms with Crippen molar-refractivity contribution < 1.29 is 14.6 Å². The Bertz CT molecular complexity index is 506. The summed E-state index contributed by atoms with van der Waals surface area (Å²) in [4.78, 5) is 15.6. The van der Waals surface area contributed by atoms with E-state index in [4.69, 9.17) is 4.74 Å². The number of pyridine rings is 1. The average molecular weight is 223 g/mol. The third-order valence-corrected chi connectivity index (χ3v) is 3.04. The van der Waals surface area contributed by atoms with E-state index < -0.39 is 5.97 Å². The van der Waals surface area contributed by atoms with E-state index in [-0.39, 0.29) is 10.6 Å². The summed E-state index contributed by atoms with van der Waals surface area (Å²) in [6, 6.07) is 1.67. The summed E-state index contributed by atoms with van der Waals surface area (Å²) in [7, 11) is 0. The van der Waals surface area contributed by atoms with Gasteiger partial charge in [-0.2, -0.15) is 0 Å². The number of aromatic nitrogens is 1. The SMILES string of the molecule is CCOC(=O)c1sc2cnccc2c1O. The highest BCUT2D eigenvalue weighted by molar-refractivity contribution is 7.21. The van der Waals surface area contributed by atoms with Crippen LogP contribution in [0.25, 0.3) is 10.1 Å². The van der Waals surface area contributed by atoms with Crippen LogP contribution < -0.4 is 0 Å². The van der Waals surface area contributed by atoms with E-state index in [9.17, 15) is 9.90 Å². The van der Waals surface area contributed by atoms with Crippen molar-refractivity contribution in [2.45, 2.75) is 6.92 Å². The summed E-state index contributed by atoms with van der Waals surface area (Å²) in [5, 5.41) is 10.4. The van der Waals surface area contributed by atoms with Gasteiger partial charge in [0.05, 0.1) is 11.3 Å². The molecule has 0 unspecified atom stereocenters. The molecule has 0 aromatic carbocycles. The van der Waals surface area contributed by atoms with E-state index in [1.807, 2.05) is 0 Å². The van der Waals surface area contributed by atoms with Crippen LogP contribution >= 0.6 is 11.3 Å². The predicted molar refractivity (Wildman–Crippen MR) is 57.2 cm³/mol. The van der Waals surface area contributed by atoms with Gasteiger partial charge in [-0.25, -0.2) is 4.79 Å². The van der Waals surface area contributed by atoms with Crippen LogP contribution in [0.2, 0.25) is 0 Å². The molecule has 0 bridgehead atoms. The van der Waals surface area contributed by atoms with E-state index in [1.165, 1.54) is 11.3 Å². The fourth-order valence-corrected chi connectivity index (χ4v) is 2.23. The number of carbonyl (C=O) groups is 1. The van der Waals surface area contributed by atoms with Crippen LogP contribution in [0.5, 0.6) is 5.75 Å². The summed E-state index contributed by atoms with van der Waals surface area (Å²) in [5.74, 6) is -0.507. The second-order valence-corrected chi connectivity index (χ2v) is 3.92. The van der Waals surface area contributed by atoms with Crippen LogP contribution in [0, 0.1) is 0 Å². The summed E-state index contributed by atoms with van der Waals surface area (Å²) in [5.41, 5.74) is 0. The monoisotopic (exact) mass is 223 g/mol. The van der Waals surface area contributed by atoms with Gasteiger partial charge in [0.15, 0.2) is 4.88 Å². The fraction of sp³-hybridized carbons (Fsp3) is 0.200. The van der Waals surface area contributed by atoms with Crippen molar-refractivity contribution in [2.24, 2.45) is 0 Å².